The summed E-state index contributed by atoms with van der Waals surface area (Å²) in [6.07, 6.45) is 2.00. The first-order valence-corrected chi connectivity index (χ1v) is 8.40. The molecule has 9 heteroatoms. The molecule has 0 unspecified atom stereocenters. The Kier molecular flexibility index (Phi) is 6.67. The highest BCUT2D eigenvalue weighted by Crippen LogP contribution is 2.26. The average Bonchev–Trinajstić information content (AvgIpc) is 2.61. The molecule has 8 nitrogen and oxygen atoms in total. The van der Waals surface area contributed by atoms with E-state index in [4.69, 9.17) is 4.74 Å². The first-order valence-electron chi connectivity index (χ1n) is 7.61. The fourth-order valence-corrected chi connectivity index (χ4v) is 2.53. The number of nitrogens with zero attached hydrogens (tertiary/aromatic N) is 2. The number of carbonyl (C=O) groups is 1. The number of nitro groups is 1. The first-order chi connectivity index (χ1) is 12.4. The normalized spacial score (nSPS) is 10.7. The van der Waals surface area contributed by atoms with E-state index in [1.54, 1.807) is 6.07 Å². The van der Waals surface area contributed by atoms with Crippen molar-refractivity contribution in [2.45, 2.75) is 13.3 Å². The van der Waals surface area contributed by atoms with Gasteiger partial charge < -0.3 is 9.84 Å². The number of non-ortho nitro benzene ring substituents is 1. The molecule has 0 aromatic heterocycles. The minimum absolute atomic E-state index is 0.110. The van der Waals surface area contributed by atoms with Crippen molar-refractivity contribution in [3.63, 3.8) is 0 Å². The number of halogens is 1. The molecule has 136 valence electrons. The Hall–Kier alpha value is -2.94. The highest BCUT2D eigenvalue weighted by molar-refractivity contribution is 9.10. The third-order valence-electron chi connectivity index (χ3n) is 3.38. The second-order valence-electron chi connectivity index (χ2n) is 5.20. The van der Waals surface area contributed by atoms with Crippen molar-refractivity contribution < 1.29 is 19.6 Å². The van der Waals surface area contributed by atoms with Gasteiger partial charge in [0.1, 0.15) is 11.5 Å². The summed E-state index contributed by atoms with van der Waals surface area (Å²) < 4.78 is 6.15. The van der Waals surface area contributed by atoms with Gasteiger partial charge in [-0.1, -0.05) is 13.0 Å². The van der Waals surface area contributed by atoms with Crippen molar-refractivity contribution in [2.75, 3.05) is 6.61 Å². The lowest BCUT2D eigenvalue weighted by Gasteiger charge is -2.08. The molecule has 0 atom stereocenters. The van der Waals surface area contributed by atoms with E-state index in [2.05, 4.69) is 26.5 Å². The number of carbonyl (C=O) groups excluding carboxylic acids is 1. The van der Waals surface area contributed by atoms with Crippen LogP contribution in [0, 0.1) is 10.1 Å². The minimum Gasteiger partial charge on any atom is -0.507 e. The molecule has 0 fully saturated rings. The molecule has 0 spiro atoms. The smallest absolute Gasteiger partial charge is 0.277 e. The van der Waals surface area contributed by atoms with Crippen molar-refractivity contribution >= 4 is 33.7 Å². The van der Waals surface area contributed by atoms with Gasteiger partial charge in [-0.2, -0.15) is 5.10 Å². The third kappa shape index (κ3) is 5.28. The largest absolute Gasteiger partial charge is 0.507 e. The van der Waals surface area contributed by atoms with Gasteiger partial charge in [-0.25, -0.2) is 5.43 Å². The van der Waals surface area contributed by atoms with E-state index in [-0.39, 0.29) is 23.6 Å². The van der Waals surface area contributed by atoms with Crippen molar-refractivity contribution in [3.8, 4) is 11.5 Å². The van der Waals surface area contributed by atoms with Crippen molar-refractivity contribution in [2.24, 2.45) is 5.10 Å². The van der Waals surface area contributed by atoms with Crippen LogP contribution in [0.1, 0.15) is 18.1 Å². The van der Waals surface area contributed by atoms with Gasteiger partial charge in [0.25, 0.3) is 11.6 Å². The highest BCUT2D eigenvalue weighted by atomic mass is 79.9. The highest BCUT2D eigenvalue weighted by Gasteiger charge is 2.09. The Labute approximate surface area is 157 Å². The van der Waals surface area contributed by atoms with Crippen LogP contribution >= 0.6 is 15.9 Å². The van der Waals surface area contributed by atoms with Gasteiger partial charge in [-0.3, -0.25) is 14.9 Å². The van der Waals surface area contributed by atoms with Gasteiger partial charge in [0, 0.05) is 17.7 Å². The van der Waals surface area contributed by atoms with E-state index in [9.17, 15) is 20.0 Å². The maximum atomic E-state index is 11.8. The Morgan fingerprint density at radius 3 is 2.81 bits per heavy atom. The van der Waals surface area contributed by atoms with E-state index in [0.717, 1.165) is 28.7 Å². The molecule has 1 amide bonds. The summed E-state index contributed by atoms with van der Waals surface area (Å²) in [5, 5.41) is 24.0. The molecule has 0 bridgehead atoms. The maximum absolute atomic E-state index is 11.8. The molecule has 2 rings (SSSR count). The lowest BCUT2D eigenvalue weighted by atomic mass is 10.2. The van der Waals surface area contributed by atoms with Crippen LogP contribution in [0.2, 0.25) is 0 Å². The van der Waals surface area contributed by atoms with Gasteiger partial charge in [0.15, 0.2) is 6.61 Å². The lowest BCUT2D eigenvalue weighted by molar-refractivity contribution is -0.384. The number of nitrogens with one attached hydrogen (secondary N) is 1. The molecule has 2 aromatic carbocycles. The van der Waals surface area contributed by atoms with Gasteiger partial charge in [-0.05, 0) is 46.1 Å². The number of ether oxygens (including phenoxy) is 1. The standard InChI is InChI=1S/C17H16BrN3O5/c1-2-11-3-6-16(14(18)7-11)26-10-17(23)20-19-9-12-8-13(21(24)25)4-5-15(12)22/h3-9,22H,2,10H2,1H3,(H,20,23). The molecular formula is C17H16BrN3O5. The minimum atomic E-state index is -0.592. The number of hydrogen-bond acceptors (Lipinski definition) is 6. The summed E-state index contributed by atoms with van der Waals surface area (Å²) in [6, 6.07) is 9.08. The Morgan fingerprint density at radius 1 is 1.38 bits per heavy atom. The van der Waals surface area contributed by atoms with Crippen LogP contribution in [0.3, 0.4) is 0 Å². The molecule has 0 aliphatic rings. The summed E-state index contributed by atoms with van der Waals surface area (Å²) >= 11 is 3.38. The van der Waals surface area contributed by atoms with Crippen LogP contribution in [-0.2, 0) is 11.2 Å². The number of benzene rings is 2. The number of phenolic OH excluding ortho intramolecular Hbond substituents is 1. The molecule has 0 aliphatic carbocycles. The van der Waals surface area contributed by atoms with Gasteiger partial charge in [-0.15, -0.1) is 0 Å². The Morgan fingerprint density at radius 2 is 2.15 bits per heavy atom. The molecule has 0 radical (unpaired) electrons. The van der Waals surface area contributed by atoms with E-state index < -0.39 is 10.8 Å². The monoisotopic (exact) mass is 421 g/mol. The van der Waals surface area contributed by atoms with Crippen LogP contribution in [-0.4, -0.2) is 28.8 Å². The predicted molar refractivity (Wildman–Crippen MR) is 99.5 cm³/mol. The van der Waals surface area contributed by atoms with Crippen LogP contribution in [0.5, 0.6) is 11.5 Å². The number of aromatic hydroxyl groups is 1. The lowest BCUT2D eigenvalue weighted by Crippen LogP contribution is -2.24. The van der Waals surface area contributed by atoms with Crippen LogP contribution in [0.4, 0.5) is 5.69 Å². The zero-order chi connectivity index (χ0) is 19.1. The number of rotatable bonds is 7. The van der Waals surface area contributed by atoms with E-state index in [0.29, 0.717) is 5.75 Å². The molecule has 26 heavy (non-hydrogen) atoms. The first kappa shape index (κ1) is 19.4. The van der Waals surface area contributed by atoms with E-state index >= 15 is 0 Å². The van der Waals surface area contributed by atoms with Crippen molar-refractivity contribution in [1.29, 1.82) is 0 Å². The molecular weight excluding hydrogens is 406 g/mol. The fourth-order valence-electron chi connectivity index (χ4n) is 1.99. The zero-order valence-corrected chi connectivity index (χ0v) is 15.4. The molecule has 0 saturated heterocycles. The molecule has 2 N–H and O–H groups in total. The maximum Gasteiger partial charge on any atom is 0.277 e. The summed E-state index contributed by atoms with van der Waals surface area (Å²) in [4.78, 5) is 21.9. The Bertz CT molecular complexity index is 854. The van der Waals surface area contributed by atoms with Crippen LogP contribution in [0.25, 0.3) is 0 Å². The van der Waals surface area contributed by atoms with Gasteiger partial charge in [0.2, 0.25) is 0 Å². The summed E-state index contributed by atoms with van der Waals surface area (Å²) in [5.41, 5.74) is 3.28. The fraction of sp³-hybridized carbons (Fsp3) is 0.176. The van der Waals surface area contributed by atoms with E-state index in [1.807, 2.05) is 19.1 Å². The summed E-state index contributed by atoms with van der Waals surface area (Å²) in [7, 11) is 0. The number of amides is 1. The molecule has 0 heterocycles. The van der Waals surface area contributed by atoms with E-state index in [1.165, 1.54) is 12.1 Å². The second kappa shape index (κ2) is 8.95. The van der Waals surface area contributed by atoms with Gasteiger partial charge >= 0.3 is 0 Å². The molecule has 0 saturated carbocycles. The Balaban J connectivity index is 1.92. The second-order valence-corrected chi connectivity index (χ2v) is 6.05. The van der Waals surface area contributed by atoms with Crippen molar-refractivity contribution in [3.05, 3.63) is 62.1 Å². The summed E-state index contributed by atoms with van der Waals surface area (Å²) in [5.74, 6) is -0.180. The predicted octanol–water partition coefficient (Wildman–Crippen LogP) is 3.15. The van der Waals surface area contributed by atoms with Gasteiger partial charge in [0.05, 0.1) is 15.6 Å². The zero-order valence-electron chi connectivity index (χ0n) is 13.8. The summed E-state index contributed by atoms with van der Waals surface area (Å²) in [6.45, 7) is 1.77. The number of nitro benzene ring substituents is 1. The van der Waals surface area contributed by atoms with Crippen LogP contribution < -0.4 is 10.2 Å². The topological polar surface area (TPSA) is 114 Å². The number of hydrogen-bond donors (Lipinski definition) is 2. The van der Waals surface area contributed by atoms with Crippen molar-refractivity contribution in [1.82, 2.24) is 5.43 Å². The number of phenols is 1. The number of hydrazone groups is 1. The molecule has 0 aliphatic heterocycles. The quantitative estimate of drug-likeness (QED) is 0.404. The SMILES string of the molecule is CCc1ccc(OCC(=O)NN=Cc2cc([N+](=O)[O-])ccc2O)c(Br)c1. The van der Waals surface area contributed by atoms with Crippen LogP contribution in [0.15, 0.2) is 46.0 Å². The average molecular weight is 422 g/mol. The third-order valence-corrected chi connectivity index (χ3v) is 4.00. The number of aryl methyl sites for hydroxylation is 1. The molecule has 2 aromatic rings.